The molecule has 0 aromatic heterocycles. The summed E-state index contributed by atoms with van der Waals surface area (Å²) in [5.74, 6) is -0.158. The van der Waals surface area contributed by atoms with Gasteiger partial charge in [-0.05, 0) is 55.0 Å². The zero-order chi connectivity index (χ0) is 24.8. The van der Waals surface area contributed by atoms with E-state index in [-0.39, 0.29) is 36.3 Å². The fourth-order valence-corrected chi connectivity index (χ4v) is 5.56. The van der Waals surface area contributed by atoms with Crippen LogP contribution in [-0.4, -0.2) is 60.5 Å². The van der Waals surface area contributed by atoms with Gasteiger partial charge in [-0.3, -0.25) is 14.5 Å². The Morgan fingerprint density at radius 2 is 1.74 bits per heavy atom. The molecule has 0 spiro atoms. The molecule has 7 heteroatoms. The third kappa shape index (κ3) is 6.08. The zero-order valence-electron chi connectivity index (χ0n) is 20.8. The Labute approximate surface area is 207 Å². The number of nitrogens with zero attached hydrogens (tertiary/aromatic N) is 3. The van der Waals surface area contributed by atoms with Gasteiger partial charge in [0.05, 0.1) is 0 Å². The number of carbonyl (C=O) groups excluding carboxylic acids is 2. The van der Waals surface area contributed by atoms with Crippen molar-refractivity contribution in [1.29, 1.82) is 0 Å². The van der Waals surface area contributed by atoms with Crippen LogP contribution in [0.5, 0.6) is 0 Å². The summed E-state index contributed by atoms with van der Waals surface area (Å²) >= 11 is 0. The number of carbonyl (C=O) groups is 2. The van der Waals surface area contributed by atoms with Gasteiger partial charge in [0, 0.05) is 57.5 Å². The number of hydrogen-bond donors (Lipinski definition) is 0. The van der Waals surface area contributed by atoms with E-state index in [0.717, 1.165) is 42.5 Å². The highest BCUT2D eigenvalue weighted by atomic mass is 19.1. The van der Waals surface area contributed by atoms with Gasteiger partial charge in [-0.15, -0.1) is 0 Å². The van der Waals surface area contributed by atoms with E-state index in [0.29, 0.717) is 32.6 Å². The predicted octanol–water partition coefficient (Wildman–Crippen LogP) is 4.37. The molecular weight excluding hydrogens is 445 g/mol. The van der Waals surface area contributed by atoms with E-state index in [4.69, 9.17) is 4.74 Å². The molecule has 0 N–H and O–H groups in total. The van der Waals surface area contributed by atoms with Gasteiger partial charge in [0.2, 0.25) is 11.8 Å². The summed E-state index contributed by atoms with van der Waals surface area (Å²) in [5, 5.41) is 0. The minimum Gasteiger partial charge on any atom is -0.375 e. The van der Waals surface area contributed by atoms with Crippen molar-refractivity contribution < 1.29 is 18.7 Å². The Hall–Kier alpha value is -2.77. The number of fused-ring (bicyclic) bond motifs is 3. The molecule has 2 unspecified atom stereocenters. The number of hydrogen-bond acceptors (Lipinski definition) is 4. The Morgan fingerprint density at radius 3 is 2.49 bits per heavy atom. The van der Waals surface area contributed by atoms with Crippen molar-refractivity contribution in [3.63, 3.8) is 0 Å². The Bertz CT molecular complexity index is 1010. The lowest BCUT2D eigenvalue weighted by Crippen LogP contribution is -2.55. The topological polar surface area (TPSA) is 53.1 Å². The van der Waals surface area contributed by atoms with Crippen LogP contribution in [0.2, 0.25) is 0 Å². The van der Waals surface area contributed by atoms with Crippen LogP contribution in [-0.2, 0) is 27.4 Å². The Balaban J connectivity index is 1.74. The summed E-state index contributed by atoms with van der Waals surface area (Å²) in [4.78, 5) is 32.5. The normalized spacial score (nSPS) is 21.2. The average molecular weight is 482 g/mol. The van der Waals surface area contributed by atoms with Gasteiger partial charge in [-0.25, -0.2) is 4.39 Å². The molecule has 0 aliphatic carbocycles. The van der Waals surface area contributed by atoms with Crippen molar-refractivity contribution >= 4 is 17.5 Å². The van der Waals surface area contributed by atoms with Gasteiger partial charge in [0.1, 0.15) is 12.4 Å². The number of benzene rings is 2. The Morgan fingerprint density at radius 1 is 1.00 bits per heavy atom. The zero-order valence-corrected chi connectivity index (χ0v) is 20.8. The van der Waals surface area contributed by atoms with E-state index in [9.17, 15) is 14.0 Å². The van der Waals surface area contributed by atoms with E-state index < -0.39 is 0 Å². The summed E-state index contributed by atoms with van der Waals surface area (Å²) in [6.45, 7) is 4.50. The summed E-state index contributed by atoms with van der Waals surface area (Å²) in [6.07, 6.45) is 4.08. The Kier molecular flexibility index (Phi) is 8.52. The number of anilines is 1. The number of rotatable bonds is 5. The lowest BCUT2D eigenvalue weighted by molar-refractivity contribution is -0.143. The minimum atomic E-state index is -0.253. The molecule has 4 rings (SSSR count). The van der Waals surface area contributed by atoms with Crippen molar-refractivity contribution in [1.82, 2.24) is 9.80 Å². The molecule has 2 bridgehead atoms. The van der Waals surface area contributed by atoms with Crippen molar-refractivity contribution in [3.8, 4) is 0 Å². The summed E-state index contributed by atoms with van der Waals surface area (Å²) in [5.41, 5.74) is 3.04. The predicted molar refractivity (Wildman–Crippen MR) is 134 cm³/mol. The molecule has 188 valence electrons. The number of methoxy groups -OCH3 is 1. The van der Waals surface area contributed by atoms with Crippen LogP contribution < -0.4 is 4.90 Å². The molecule has 0 radical (unpaired) electrons. The summed E-state index contributed by atoms with van der Waals surface area (Å²) in [7, 11) is 1.55. The molecular formula is C28H36FN3O3. The molecule has 2 aliphatic heterocycles. The second kappa shape index (κ2) is 11.8. The van der Waals surface area contributed by atoms with Crippen molar-refractivity contribution in [3.05, 3.63) is 65.5 Å². The summed E-state index contributed by atoms with van der Waals surface area (Å²) < 4.78 is 18.8. The van der Waals surface area contributed by atoms with Crippen molar-refractivity contribution in [2.75, 3.05) is 31.7 Å². The van der Waals surface area contributed by atoms with Crippen LogP contribution >= 0.6 is 0 Å². The maximum absolute atomic E-state index is 13.6. The van der Waals surface area contributed by atoms with Gasteiger partial charge in [0.15, 0.2) is 0 Å². The van der Waals surface area contributed by atoms with Crippen LogP contribution in [0.1, 0.15) is 50.2 Å². The lowest BCUT2D eigenvalue weighted by Gasteiger charge is -2.44. The number of para-hydroxylation sites is 1. The maximum atomic E-state index is 13.6. The average Bonchev–Trinajstić information content (AvgIpc) is 2.87. The third-order valence-electron chi connectivity index (χ3n) is 7.17. The highest BCUT2D eigenvalue weighted by molar-refractivity contribution is 5.94. The first-order valence-electron chi connectivity index (χ1n) is 12.6. The number of amides is 2. The first kappa shape index (κ1) is 25.3. The smallest absolute Gasteiger partial charge is 0.249 e. The molecule has 1 saturated heterocycles. The molecule has 2 aromatic rings. The van der Waals surface area contributed by atoms with Gasteiger partial charge in [-0.2, -0.15) is 0 Å². The molecule has 2 aliphatic rings. The molecule has 2 atom stereocenters. The summed E-state index contributed by atoms with van der Waals surface area (Å²) in [6, 6.07) is 14.8. The van der Waals surface area contributed by atoms with Crippen LogP contribution in [0.4, 0.5) is 10.1 Å². The largest absolute Gasteiger partial charge is 0.375 e. The SMILES string of the molecule is CCC(=O)N1CCC2CCCC(CN(Cc3ccc(F)cc3)Cc3ccccc31)N2C(=O)COC. The lowest BCUT2D eigenvalue weighted by atomic mass is 9.92. The number of ether oxygens (including phenoxy) is 1. The van der Waals surface area contributed by atoms with Crippen LogP contribution in [0.3, 0.4) is 0 Å². The second-order valence-electron chi connectivity index (χ2n) is 9.58. The monoisotopic (exact) mass is 481 g/mol. The highest BCUT2D eigenvalue weighted by Gasteiger charge is 2.36. The fraction of sp³-hybridized carbons (Fsp3) is 0.500. The second-order valence-corrected chi connectivity index (χ2v) is 9.58. The molecule has 2 heterocycles. The highest BCUT2D eigenvalue weighted by Crippen LogP contribution is 2.31. The van der Waals surface area contributed by atoms with Crippen LogP contribution in [0.15, 0.2) is 48.5 Å². The molecule has 2 aromatic carbocycles. The fourth-order valence-electron chi connectivity index (χ4n) is 5.56. The van der Waals surface area contributed by atoms with Crippen molar-refractivity contribution in [2.45, 2.75) is 64.2 Å². The van der Waals surface area contributed by atoms with Gasteiger partial charge in [0.25, 0.3) is 0 Å². The number of piperidine rings is 1. The van der Waals surface area contributed by atoms with E-state index in [2.05, 4.69) is 11.0 Å². The first-order chi connectivity index (χ1) is 17.0. The van der Waals surface area contributed by atoms with Crippen LogP contribution in [0, 0.1) is 5.82 Å². The first-order valence-corrected chi connectivity index (χ1v) is 12.6. The number of halogens is 1. The molecule has 6 nitrogen and oxygen atoms in total. The van der Waals surface area contributed by atoms with E-state index >= 15 is 0 Å². The molecule has 0 saturated carbocycles. The standard InChI is InChI=1S/C28H36FN3O3/c1-3-27(33)31-16-15-24-8-6-9-25(32(24)28(34)20-35-2)19-30(17-21-11-13-23(29)14-12-21)18-22-7-4-5-10-26(22)31/h4-5,7,10-14,24-25H,3,6,8-9,15-20H2,1-2H3. The van der Waals surface area contributed by atoms with Crippen molar-refractivity contribution in [2.24, 2.45) is 0 Å². The maximum Gasteiger partial charge on any atom is 0.249 e. The molecule has 2 amide bonds. The molecule has 1 fully saturated rings. The van der Waals surface area contributed by atoms with E-state index in [1.54, 1.807) is 7.11 Å². The minimum absolute atomic E-state index is 0.00839. The van der Waals surface area contributed by atoms with Crippen LogP contribution in [0.25, 0.3) is 0 Å². The van der Waals surface area contributed by atoms with E-state index in [1.807, 2.05) is 47.1 Å². The van der Waals surface area contributed by atoms with Gasteiger partial charge >= 0.3 is 0 Å². The quantitative estimate of drug-likeness (QED) is 0.637. The van der Waals surface area contributed by atoms with Gasteiger partial charge in [-0.1, -0.05) is 37.3 Å². The van der Waals surface area contributed by atoms with Gasteiger partial charge < -0.3 is 14.5 Å². The molecule has 35 heavy (non-hydrogen) atoms. The third-order valence-corrected chi connectivity index (χ3v) is 7.17. The van der Waals surface area contributed by atoms with E-state index in [1.165, 1.54) is 12.1 Å².